The van der Waals surface area contributed by atoms with Crippen LogP contribution < -0.4 is 5.73 Å². The first-order valence-electron chi connectivity index (χ1n) is 7.23. The van der Waals surface area contributed by atoms with E-state index >= 15 is 0 Å². The summed E-state index contributed by atoms with van der Waals surface area (Å²) in [5.74, 6) is -0.00338. The van der Waals surface area contributed by atoms with Crippen molar-refractivity contribution in [3.63, 3.8) is 0 Å². The van der Waals surface area contributed by atoms with Crippen molar-refractivity contribution < 1.29 is 4.79 Å². The second-order valence-electron chi connectivity index (χ2n) is 5.28. The lowest BCUT2D eigenvalue weighted by Gasteiger charge is -2.23. The highest BCUT2D eigenvalue weighted by Crippen LogP contribution is 2.20. The first kappa shape index (κ1) is 15.1. The molecule has 0 fully saturated rings. The van der Waals surface area contributed by atoms with Gasteiger partial charge >= 0.3 is 0 Å². The van der Waals surface area contributed by atoms with Crippen molar-refractivity contribution in [2.24, 2.45) is 0 Å². The molecule has 0 radical (unpaired) electrons. The topological polar surface area (TPSA) is 46.3 Å². The normalized spacial score (nSPS) is 10.4. The van der Waals surface area contributed by atoms with Gasteiger partial charge in [0.2, 0.25) is 0 Å². The van der Waals surface area contributed by atoms with Crippen molar-refractivity contribution in [2.75, 3.05) is 12.3 Å². The zero-order chi connectivity index (χ0) is 15.4. The zero-order valence-corrected chi connectivity index (χ0v) is 12.9. The predicted molar refractivity (Wildman–Crippen MR) is 87.2 cm³/mol. The molecule has 2 aromatic rings. The van der Waals surface area contributed by atoms with Gasteiger partial charge in [0.1, 0.15) is 0 Å². The van der Waals surface area contributed by atoms with Crippen molar-refractivity contribution in [3.05, 3.63) is 64.7 Å². The van der Waals surface area contributed by atoms with E-state index in [-0.39, 0.29) is 5.91 Å². The van der Waals surface area contributed by atoms with Gasteiger partial charge in [-0.15, -0.1) is 0 Å². The molecule has 0 heterocycles. The second-order valence-corrected chi connectivity index (χ2v) is 5.28. The second kappa shape index (κ2) is 6.44. The first-order valence-corrected chi connectivity index (χ1v) is 7.23. The molecule has 0 saturated heterocycles. The average molecular weight is 282 g/mol. The Morgan fingerprint density at radius 2 is 1.71 bits per heavy atom. The number of rotatable bonds is 4. The van der Waals surface area contributed by atoms with Crippen LogP contribution in [0, 0.1) is 13.8 Å². The molecule has 0 aliphatic rings. The fourth-order valence-corrected chi connectivity index (χ4v) is 2.46. The number of hydrogen-bond acceptors (Lipinski definition) is 2. The summed E-state index contributed by atoms with van der Waals surface area (Å²) in [6, 6.07) is 13.7. The Hall–Kier alpha value is -2.29. The van der Waals surface area contributed by atoms with Gasteiger partial charge in [-0.25, -0.2) is 0 Å². The molecular formula is C18H22N2O. The Balaban J connectivity index is 2.30. The van der Waals surface area contributed by atoms with Crippen LogP contribution in [0.3, 0.4) is 0 Å². The van der Waals surface area contributed by atoms with E-state index in [2.05, 4.69) is 19.1 Å². The number of nitrogens with two attached hydrogens (primary N) is 1. The van der Waals surface area contributed by atoms with E-state index in [1.54, 1.807) is 6.07 Å². The molecule has 2 N–H and O–H groups in total. The van der Waals surface area contributed by atoms with Gasteiger partial charge in [0.05, 0.1) is 5.56 Å². The fraction of sp³-hybridized carbons (Fsp3) is 0.278. The molecule has 0 aliphatic heterocycles. The van der Waals surface area contributed by atoms with Crippen LogP contribution >= 0.6 is 0 Å². The van der Waals surface area contributed by atoms with Gasteiger partial charge in [-0.2, -0.15) is 0 Å². The van der Waals surface area contributed by atoms with Gasteiger partial charge in [0.25, 0.3) is 5.91 Å². The third kappa shape index (κ3) is 3.24. The molecular weight excluding hydrogens is 260 g/mol. The number of carbonyl (C=O) groups is 1. The van der Waals surface area contributed by atoms with E-state index in [9.17, 15) is 4.79 Å². The summed E-state index contributed by atoms with van der Waals surface area (Å²) in [5, 5.41) is 0. The minimum Gasteiger partial charge on any atom is -0.398 e. The van der Waals surface area contributed by atoms with Gasteiger partial charge in [0, 0.05) is 18.8 Å². The number of hydrogen-bond donors (Lipinski definition) is 1. The Labute approximate surface area is 126 Å². The lowest BCUT2D eigenvalue weighted by molar-refractivity contribution is 0.0752. The van der Waals surface area contributed by atoms with Crippen molar-refractivity contribution >= 4 is 11.6 Å². The number of aryl methyl sites for hydroxylation is 2. The summed E-state index contributed by atoms with van der Waals surface area (Å²) in [6.45, 7) is 7.24. The maximum atomic E-state index is 12.8. The van der Waals surface area contributed by atoms with Crippen molar-refractivity contribution in [1.29, 1.82) is 0 Å². The lowest BCUT2D eigenvalue weighted by Crippen LogP contribution is -2.31. The van der Waals surface area contributed by atoms with Gasteiger partial charge < -0.3 is 10.6 Å². The molecule has 1 amide bonds. The highest BCUT2D eigenvalue weighted by atomic mass is 16.2. The largest absolute Gasteiger partial charge is 0.398 e. The van der Waals surface area contributed by atoms with Crippen LogP contribution in [0.5, 0.6) is 0 Å². The Kier molecular flexibility index (Phi) is 4.63. The van der Waals surface area contributed by atoms with Crippen molar-refractivity contribution in [2.45, 2.75) is 27.3 Å². The van der Waals surface area contributed by atoms with Gasteiger partial charge in [0.15, 0.2) is 0 Å². The molecule has 110 valence electrons. The van der Waals surface area contributed by atoms with Crippen LogP contribution in [0.15, 0.2) is 42.5 Å². The minimum absolute atomic E-state index is 0.00338. The number of benzene rings is 2. The van der Waals surface area contributed by atoms with Crippen LogP contribution in [0.2, 0.25) is 0 Å². The van der Waals surface area contributed by atoms with Crippen molar-refractivity contribution in [3.8, 4) is 0 Å². The monoisotopic (exact) mass is 282 g/mol. The molecule has 3 nitrogen and oxygen atoms in total. The highest BCUT2D eigenvalue weighted by molar-refractivity contribution is 6.00. The zero-order valence-electron chi connectivity index (χ0n) is 12.9. The van der Waals surface area contributed by atoms with Gasteiger partial charge in [-0.05, 0) is 43.5 Å². The van der Waals surface area contributed by atoms with E-state index in [1.165, 1.54) is 11.1 Å². The number of nitrogen functional groups attached to an aromatic ring is 1. The third-order valence-electron chi connectivity index (χ3n) is 3.81. The number of amides is 1. The van der Waals surface area contributed by atoms with Crippen molar-refractivity contribution in [1.82, 2.24) is 4.90 Å². The van der Waals surface area contributed by atoms with E-state index in [4.69, 9.17) is 5.73 Å². The summed E-state index contributed by atoms with van der Waals surface area (Å²) in [4.78, 5) is 14.6. The van der Waals surface area contributed by atoms with Crippen LogP contribution in [0.25, 0.3) is 0 Å². The van der Waals surface area contributed by atoms with Crippen LogP contribution in [0.4, 0.5) is 5.69 Å². The molecule has 0 aliphatic carbocycles. The van der Waals surface area contributed by atoms with Gasteiger partial charge in [-0.1, -0.05) is 36.4 Å². The summed E-state index contributed by atoms with van der Waals surface area (Å²) < 4.78 is 0. The molecule has 2 aromatic carbocycles. The molecule has 0 aromatic heterocycles. The molecule has 21 heavy (non-hydrogen) atoms. The quantitative estimate of drug-likeness (QED) is 0.872. The molecule has 0 unspecified atom stereocenters. The standard InChI is InChI=1S/C18H22N2O/c1-4-20(12-15-10-6-5-8-13(15)2)18(21)17-14(3)9-7-11-16(17)19/h5-11H,4,12,19H2,1-3H3. The number of nitrogens with zero attached hydrogens (tertiary/aromatic N) is 1. The number of carbonyl (C=O) groups excluding carboxylic acids is 1. The van der Waals surface area contributed by atoms with Gasteiger partial charge in [-0.3, -0.25) is 4.79 Å². The maximum Gasteiger partial charge on any atom is 0.256 e. The Morgan fingerprint density at radius 3 is 2.33 bits per heavy atom. The molecule has 0 spiro atoms. The summed E-state index contributed by atoms with van der Waals surface area (Å²) in [7, 11) is 0. The molecule has 0 saturated carbocycles. The van der Waals surface area contributed by atoms with Crippen LogP contribution in [0.1, 0.15) is 34.0 Å². The molecule has 0 atom stereocenters. The third-order valence-corrected chi connectivity index (χ3v) is 3.81. The minimum atomic E-state index is -0.00338. The summed E-state index contributed by atoms with van der Waals surface area (Å²) in [6.07, 6.45) is 0. The Morgan fingerprint density at radius 1 is 1.05 bits per heavy atom. The van der Waals surface area contributed by atoms with E-state index < -0.39 is 0 Å². The summed E-state index contributed by atoms with van der Waals surface area (Å²) in [5.41, 5.74) is 10.4. The first-order chi connectivity index (χ1) is 10.0. The van der Waals surface area contributed by atoms with E-state index in [1.807, 2.05) is 43.0 Å². The average Bonchev–Trinajstić information content (AvgIpc) is 2.46. The maximum absolute atomic E-state index is 12.8. The summed E-state index contributed by atoms with van der Waals surface area (Å²) >= 11 is 0. The SMILES string of the molecule is CCN(Cc1ccccc1C)C(=O)c1c(C)cccc1N. The van der Waals surface area contributed by atoms with Crippen LogP contribution in [-0.2, 0) is 6.54 Å². The Bertz CT molecular complexity index is 629. The fourth-order valence-electron chi connectivity index (χ4n) is 2.46. The predicted octanol–water partition coefficient (Wildman–Crippen LogP) is 3.55. The smallest absolute Gasteiger partial charge is 0.256 e. The molecule has 2 rings (SSSR count). The lowest BCUT2D eigenvalue weighted by atomic mass is 10.0. The molecule has 3 heteroatoms. The number of anilines is 1. The highest BCUT2D eigenvalue weighted by Gasteiger charge is 2.19. The van der Waals surface area contributed by atoms with Crippen LogP contribution in [-0.4, -0.2) is 17.4 Å². The van der Waals surface area contributed by atoms with E-state index in [0.29, 0.717) is 24.3 Å². The molecule has 0 bridgehead atoms. The van der Waals surface area contributed by atoms with E-state index in [0.717, 1.165) is 5.56 Å².